The van der Waals surface area contributed by atoms with E-state index in [1.807, 2.05) is 9.80 Å². The largest absolute Gasteiger partial charge is 0.362 e. The molecule has 1 aromatic heterocycles. The molecule has 3 saturated heterocycles. The van der Waals surface area contributed by atoms with E-state index in [1.54, 1.807) is 6.20 Å². The fraction of sp³-hybridized carbons (Fsp3) is 0.667. The Kier molecular flexibility index (Phi) is 4.41. The number of hydrogen-bond acceptors (Lipinski definition) is 5. The van der Waals surface area contributed by atoms with Gasteiger partial charge in [0, 0.05) is 38.6 Å². The second-order valence-corrected chi connectivity index (χ2v) is 7.24. The molecule has 3 aliphatic rings. The molecule has 7 nitrogen and oxygen atoms in total. The summed E-state index contributed by atoms with van der Waals surface area (Å²) < 4.78 is 6.24. The molecule has 7 heteroatoms. The number of likely N-dealkylation sites (tertiary alicyclic amines) is 2. The number of nitrogens with zero attached hydrogens (tertiary/aromatic N) is 4. The van der Waals surface area contributed by atoms with E-state index < -0.39 is 0 Å². The van der Waals surface area contributed by atoms with Crippen LogP contribution in [0.4, 0.5) is 0 Å². The van der Waals surface area contributed by atoms with Crippen LogP contribution in [0, 0.1) is 0 Å². The number of ether oxygens (including phenoxy) is 1. The third kappa shape index (κ3) is 3.25. The van der Waals surface area contributed by atoms with E-state index in [4.69, 9.17) is 4.74 Å². The zero-order valence-corrected chi connectivity index (χ0v) is 14.4. The van der Waals surface area contributed by atoms with Crippen LogP contribution in [0.5, 0.6) is 0 Å². The zero-order valence-electron chi connectivity index (χ0n) is 14.4. The highest BCUT2D eigenvalue weighted by molar-refractivity contribution is 5.92. The van der Waals surface area contributed by atoms with Crippen molar-refractivity contribution in [1.82, 2.24) is 19.8 Å². The molecule has 0 bridgehead atoms. The van der Waals surface area contributed by atoms with E-state index in [9.17, 15) is 9.59 Å². The summed E-state index contributed by atoms with van der Waals surface area (Å²) in [6.07, 6.45) is 9.78. The summed E-state index contributed by atoms with van der Waals surface area (Å²) in [4.78, 5) is 36.8. The van der Waals surface area contributed by atoms with Gasteiger partial charge in [-0.05, 0) is 38.5 Å². The Morgan fingerprint density at radius 3 is 2.48 bits per heavy atom. The average molecular weight is 344 g/mol. The molecule has 0 unspecified atom stereocenters. The van der Waals surface area contributed by atoms with E-state index in [2.05, 4.69) is 9.97 Å². The van der Waals surface area contributed by atoms with Gasteiger partial charge < -0.3 is 14.5 Å². The molecular formula is C18H24N4O3. The first kappa shape index (κ1) is 16.4. The molecule has 0 aliphatic carbocycles. The minimum Gasteiger partial charge on any atom is -0.362 e. The fourth-order valence-electron chi connectivity index (χ4n) is 4.19. The summed E-state index contributed by atoms with van der Waals surface area (Å²) in [5.41, 5.74) is 0.145. The Balaban J connectivity index is 1.34. The molecule has 1 atom stereocenters. The molecule has 0 aromatic carbocycles. The second kappa shape index (κ2) is 6.71. The molecule has 3 aliphatic heterocycles. The standard InChI is InChI=1S/C18H24N4O3/c23-16(14-13-19-7-8-20-14)22-11-5-18(6-12-22)4-3-15(25-18)17(24)21-9-1-2-10-21/h7-8,13,15H,1-6,9-12H2/t15-/m0/s1. The molecule has 3 fully saturated rings. The van der Waals surface area contributed by atoms with Crippen molar-refractivity contribution >= 4 is 11.8 Å². The van der Waals surface area contributed by atoms with Gasteiger partial charge in [-0.2, -0.15) is 0 Å². The van der Waals surface area contributed by atoms with Crippen LogP contribution in [-0.2, 0) is 9.53 Å². The number of piperidine rings is 1. The average Bonchev–Trinajstić information content (AvgIpc) is 3.33. The number of hydrogen-bond donors (Lipinski definition) is 0. The van der Waals surface area contributed by atoms with Crippen LogP contribution in [-0.4, -0.2) is 69.5 Å². The summed E-state index contributed by atoms with van der Waals surface area (Å²) in [6, 6.07) is 0. The smallest absolute Gasteiger partial charge is 0.274 e. The number of amides is 2. The lowest BCUT2D eigenvalue weighted by atomic mass is 9.88. The van der Waals surface area contributed by atoms with Crippen molar-refractivity contribution in [3.05, 3.63) is 24.3 Å². The van der Waals surface area contributed by atoms with Gasteiger partial charge in [0.1, 0.15) is 11.8 Å². The Labute approximate surface area is 147 Å². The van der Waals surface area contributed by atoms with Gasteiger partial charge in [0.15, 0.2) is 0 Å². The highest BCUT2D eigenvalue weighted by Gasteiger charge is 2.46. The third-order valence-electron chi connectivity index (χ3n) is 5.69. The Bertz CT molecular complexity index is 637. The molecule has 25 heavy (non-hydrogen) atoms. The number of carbonyl (C=O) groups is 2. The first-order valence-electron chi connectivity index (χ1n) is 9.19. The predicted octanol–water partition coefficient (Wildman–Crippen LogP) is 1.25. The molecule has 1 aromatic rings. The first-order valence-corrected chi connectivity index (χ1v) is 9.19. The fourth-order valence-corrected chi connectivity index (χ4v) is 4.19. The number of carbonyl (C=O) groups excluding carboxylic acids is 2. The van der Waals surface area contributed by atoms with Crippen LogP contribution >= 0.6 is 0 Å². The lowest BCUT2D eigenvalue weighted by Gasteiger charge is -2.39. The maximum absolute atomic E-state index is 12.6. The first-order chi connectivity index (χ1) is 12.2. The SMILES string of the molecule is O=C(c1cnccn1)N1CCC2(CC[C@@H](C(=O)N3CCCC3)O2)CC1. The van der Waals surface area contributed by atoms with Gasteiger partial charge in [0.25, 0.3) is 11.8 Å². The molecule has 134 valence electrons. The second-order valence-electron chi connectivity index (χ2n) is 7.24. The minimum atomic E-state index is -0.291. The van der Waals surface area contributed by atoms with Crippen LogP contribution in [0.3, 0.4) is 0 Å². The van der Waals surface area contributed by atoms with E-state index in [1.165, 1.54) is 12.4 Å². The summed E-state index contributed by atoms with van der Waals surface area (Å²) in [6.45, 7) is 3.01. The van der Waals surface area contributed by atoms with Crippen molar-refractivity contribution in [2.24, 2.45) is 0 Å². The van der Waals surface area contributed by atoms with Gasteiger partial charge in [-0.3, -0.25) is 14.6 Å². The van der Waals surface area contributed by atoms with Crippen molar-refractivity contribution in [1.29, 1.82) is 0 Å². The molecular weight excluding hydrogens is 320 g/mol. The van der Waals surface area contributed by atoms with Crippen LogP contribution in [0.1, 0.15) is 49.0 Å². The maximum Gasteiger partial charge on any atom is 0.274 e. The molecule has 0 saturated carbocycles. The van der Waals surface area contributed by atoms with Gasteiger partial charge in [-0.25, -0.2) is 4.98 Å². The maximum atomic E-state index is 12.6. The molecule has 1 spiro atoms. The van der Waals surface area contributed by atoms with E-state index in [0.717, 1.165) is 51.6 Å². The quantitative estimate of drug-likeness (QED) is 0.807. The number of rotatable bonds is 2. The van der Waals surface area contributed by atoms with Crippen LogP contribution in [0.25, 0.3) is 0 Å². The van der Waals surface area contributed by atoms with Crippen molar-refractivity contribution in [2.45, 2.75) is 50.2 Å². The Morgan fingerprint density at radius 2 is 1.80 bits per heavy atom. The Hall–Kier alpha value is -2.02. The van der Waals surface area contributed by atoms with Crippen LogP contribution in [0.2, 0.25) is 0 Å². The summed E-state index contributed by atoms with van der Waals surface area (Å²) in [7, 11) is 0. The number of aromatic nitrogens is 2. The van der Waals surface area contributed by atoms with Crippen molar-refractivity contribution in [3.63, 3.8) is 0 Å². The van der Waals surface area contributed by atoms with E-state index in [-0.39, 0.29) is 23.5 Å². The summed E-state index contributed by atoms with van der Waals surface area (Å²) in [5, 5.41) is 0. The highest BCUT2D eigenvalue weighted by Crippen LogP contribution is 2.39. The van der Waals surface area contributed by atoms with Crippen molar-refractivity contribution < 1.29 is 14.3 Å². The third-order valence-corrected chi connectivity index (χ3v) is 5.69. The van der Waals surface area contributed by atoms with Crippen LogP contribution < -0.4 is 0 Å². The minimum absolute atomic E-state index is 0.0781. The van der Waals surface area contributed by atoms with E-state index in [0.29, 0.717) is 18.8 Å². The van der Waals surface area contributed by atoms with Gasteiger partial charge in [-0.1, -0.05) is 0 Å². The molecule has 4 heterocycles. The molecule has 0 radical (unpaired) electrons. The summed E-state index contributed by atoms with van der Waals surface area (Å²) >= 11 is 0. The van der Waals surface area contributed by atoms with Gasteiger partial charge >= 0.3 is 0 Å². The van der Waals surface area contributed by atoms with Gasteiger partial charge in [-0.15, -0.1) is 0 Å². The predicted molar refractivity (Wildman–Crippen MR) is 89.8 cm³/mol. The topological polar surface area (TPSA) is 75.6 Å². The lowest BCUT2D eigenvalue weighted by Crippen LogP contribution is -2.48. The zero-order chi connectivity index (χ0) is 17.3. The highest BCUT2D eigenvalue weighted by atomic mass is 16.5. The van der Waals surface area contributed by atoms with Gasteiger partial charge in [0.05, 0.1) is 11.8 Å². The monoisotopic (exact) mass is 344 g/mol. The molecule has 4 rings (SSSR count). The van der Waals surface area contributed by atoms with Crippen molar-refractivity contribution in [2.75, 3.05) is 26.2 Å². The van der Waals surface area contributed by atoms with Gasteiger partial charge in [0.2, 0.25) is 0 Å². The van der Waals surface area contributed by atoms with Crippen molar-refractivity contribution in [3.8, 4) is 0 Å². The summed E-state index contributed by atoms with van der Waals surface area (Å²) in [5.74, 6) is 0.0816. The molecule has 0 N–H and O–H groups in total. The molecule has 2 amide bonds. The lowest BCUT2D eigenvalue weighted by molar-refractivity contribution is -0.149. The normalized spacial score (nSPS) is 25.5. The van der Waals surface area contributed by atoms with Crippen LogP contribution in [0.15, 0.2) is 18.6 Å². The Morgan fingerprint density at radius 1 is 1.04 bits per heavy atom. The van der Waals surface area contributed by atoms with E-state index >= 15 is 0 Å².